The van der Waals surface area contributed by atoms with Crippen LogP contribution >= 0.6 is 11.3 Å². The van der Waals surface area contributed by atoms with Crippen molar-refractivity contribution in [1.82, 2.24) is 4.98 Å². The number of nitrogens with one attached hydrogen (secondary N) is 1. The van der Waals surface area contributed by atoms with Crippen molar-refractivity contribution in [1.29, 1.82) is 0 Å². The van der Waals surface area contributed by atoms with E-state index in [0.29, 0.717) is 4.80 Å². The molecule has 1 rings (SSSR count). The van der Waals surface area contributed by atoms with Gasteiger partial charge in [-0.25, -0.2) is 0 Å². The molecule has 0 aliphatic rings. The molecule has 0 saturated carbocycles. The van der Waals surface area contributed by atoms with Gasteiger partial charge in [0.05, 0.1) is 11.1 Å². The van der Waals surface area contributed by atoms with E-state index in [9.17, 15) is 14.9 Å². The first-order valence-corrected chi connectivity index (χ1v) is 4.98. The highest BCUT2D eigenvalue weighted by atomic mass is 32.1. The summed E-state index contributed by atoms with van der Waals surface area (Å²) in [5.74, 6) is -0.0928. The molecule has 0 unspecified atom stereocenters. The van der Waals surface area contributed by atoms with Gasteiger partial charge in [-0.05, 0) is 30.4 Å². The molecule has 0 saturated heterocycles. The average molecular weight is 240 g/mol. The van der Waals surface area contributed by atoms with Gasteiger partial charge < -0.3 is 4.98 Å². The van der Waals surface area contributed by atoms with Crippen LogP contribution in [0.5, 0.6) is 0 Å². The van der Waals surface area contributed by atoms with Crippen molar-refractivity contribution in [2.24, 2.45) is 10.2 Å². The van der Waals surface area contributed by atoms with E-state index in [4.69, 9.17) is 0 Å². The van der Waals surface area contributed by atoms with Gasteiger partial charge in [0, 0.05) is 6.21 Å². The fraction of sp³-hybridized carbons (Fsp3) is 0.125. The molecule has 84 valence electrons. The van der Waals surface area contributed by atoms with Crippen molar-refractivity contribution >= 4 is 28.3 Å². The molecule has 7 nitrogen and oxygen atoms in total. The second kappa shape index (κ2) is 5.71. The largest absolute Gasteiger partial charge is 0.343 e. The lowest BCUT2D eigenvalue weighted by atomic mass is 10.4. The van der Waals surface area contributed by atoms with Crippen LogP contribution in [0.1, 0.15) is 6.92 Å². The standard InChI is InChI=1S/C8H8N4O3S/c1-6(13)3-2-4-10-11-8-9-5-7(16-8)12(14)15/h2-5H,1H3,(H,9,11)/b3-2-,10-4-. The summed E-state index contributed by atoms with van der Waals surface area (Å²) in [6.07, 6.45) is 5.33. The third-order valence-electron chi connectivity index (χ3n) is 1.33. The summed E-state index contributed by atoms with van der Waals surface area (Å²) in [6, 6.07) is 0. The zero-order valence-corrected chi connectivity index (χ0v) is 9.10. The van der Waals surface area contributed by atoms with Gasteiger partial charge in [0.25, 0.3) is 0 Å². The Hall–Kier alpha value is -2.09. The lowest BCUT2D eigenvalue weighted by Crippen LogP contribution is -1.93. The van der Waals surface area contributed by atoms with E-state index >= 15 is 0 Å². The van der Waals surface area contributed by atoms with Crippen LogP contribution in [0, 0.1) is 10.1 Å². The molecule has 8 heteroatoms. The number of carbonyl (C=O) groups is 1. The third-order valence-corrected chi connectivity index (χ3v) is 2.20. The quantitative estimate of drug-likeness (QED) is 0.368. The van der Waals surface area contributed by atoms with Crippen LogP contribution in [-0.4, -0.2) is 21.9 Å². The Morgan fingerprint density at radius 2 is 2.44 bits per heavy atom. The van der Waals surface area contributed by atoms with Crippen molar-refractivity contribution in [3.63, 3.8) is 0 Å². The average Bonchev–Trinajstić information content (AvgIpc) is 2.65. The predicted molar refractivity (Wildman–Crippen MR) is 59.2 cm³/mol. The number of nitro groups is 1. The summed E-state index contributed by atoms with van der Waals surface area (Å²) in [4.78, 5) is 23.2. The van der Waals surface area contributed by atoms with Crippen molar-refractivity contribution in [2.75, 3.05) is 0 Å². The number of ketones is 1. The van der Waals surface area contributed by atoms with Crippen LogP contribution in [0.2, 0.25) is 0 Å². The molecule has 1 aromatic rings. The van der Waals surface area contributed by atoms with E-state index in [1.54, 1.807) is 0 Å². The van der Waals surface area contributed by atoms with Gasteiger partial charge in [-0.2, -0.15) is 5.10 Å². The molecule has 0 amide bonds. The number of carbonyl (C=O) groups excluding carboxylic acids is 1. The molecule has 1 N–H and O–H groups in total. The van der Waals surface area contributed by atoms with Crippen molar-refractivity contribution in [3.05, 3.63) is 33.3 Å². The summed E-state index contributed by atoms with van der Waals surface area (Å²) in [5.41, 5.74) is 0. The number of aromatic nitrogens is 1. The van der Waals surface area contributed by atoms with Crippen LogP contribution < -0.4 is 4.80 Å². The predicted octanol–water partition coefficient (Wildman–Crippen LogP) is 1.02. The molecule has 0 atom stereocenters. The van der Waals surface area contributed by atoms with E-state index in [0.717, 1.165) is 11.3 Å². The minimum atomic E-state index is -0.514. The molecule has 0 bridgehead atoms. The number of allylic oxidation sites excluding steroid dienone is 2. The van der Waals surface area contributed by atoms with Crippen LogP contribution in [0.3, 0.4) is 0 Å². The Labute approximate surface area is 94.0 Å². The third kappa shape index (κ3) is 3.96. The van der Waals surface area contributed by atoms with Gasteiger partial charge in [-0.3, -0.25) is 14.9 Å². The summed E-state index contributed by atoms with van der Waals surface area (Å²) >= 11 is 0.879. The van der Waals surface area contributed by atoms with E-state index in [1.165, 1.54) is 31.5 Å². The van der Waals surface area contributed by atoms with Crippen LogP contribution in [0.15, 0.2) is 28.6 Å². The number of H-pyrrole nitrogens is 1. The summed E-state index contributed by atoms with van der Waals surface area (Å²) in [6.45, 7) is 1.41. The zero-order chi connectivity index (χ0) is 12.0. The SMILES string of the molecule is CC(=O)\C=C/C=N\N=c1/[nH]cc([N+](=O)[O-])s1. The van der Waals surface area contributed by atoms with E-state index in [1.807, 2.05) is 0 Å². The van der Waals surface area contributed by atoms with Crippen LogP contribution in [0.4, 0.5) is 5.00 Å². The molecule has 1 heterocycles. The number of rotatable bonds is 4. The second-order valence-corrected chi connectivity index (χ2v) is 3.63. The van der Waals surface area contributed by atoms with Gasteiger partial charge >= 0.3 is 5.00 Å². The zero-order valence-electron chi connectivity index (χ0n) is 8.28. The second-order valence-electron chi connectivity index (χ2n) is 2.63. The van der Waals surface area contributed by atoms with Gasteiger partial charge in [0.2, 0.25) is 4.80 Å². The molecule has 0 aromatic carbocycles. The van der Waals surface area contributed by atoms with E-state index in [2.05, 4.69) is 15.2 Å². The molecule has 1 aromatic heterocycles. The Kier molecular flexibility index (Phi) is 4.28. The Balaban J connectivity index is 2.70. The highest BCUT2D eigenvalue weighted by molar-refractivity contribution is 7.12. The molecule has 0 spiro atoms. The highest BCUT2D eigenvalue weighted by Crippen LogP contribution is 2.10. The van der Waals surface area contributed by atoms with Gasteiger partial charge in [0.1, 0.15) is 0 Å². The van der Waals surface area contributed by atoms with E-state index in [-0.39, 0.29) is 10.8 Å². The normalized spacial score (nSPS) is 12.7. The Bertz CT molecular complexity index is 511. The minimum absolute atomic E-state index is 0.0340. The number of hydrogen-bond donors (Lipinski definition) is 1. The van der Waals surface area contributed by atoms with Crippen LogP contribution in [-0.2, 0) is 4.79 Å². The summed E-state index contributed by atoms with van der Waals surface area (Å²) < 4.78 is 0. The molecule has 16 heavy (non-hydrogen) atoms. The first-order chi connectivity index (χ1) is 7.59. The molecule has 0 aliphatic carbocycles. The van der Waals surface area contributed by atoms with Gasteiger partial charge in [-0.15, -0.1) is 5.10 Å². The smallest absolute Gasteiger partial charge is 0.330 e. The lowest BCUT2D eigenvalue weighted by Gasteiger charge is -1.76. The molecular formula is C8H8N4O3S. The monoisotopic (exact) mass is 240 g/mol. The topological polar surface area (TPSA) is 101 Å². The maximum Gasteiger partial charge on any atom is 0.343 e. The molecular weight excluding hydrogens is 232 g/mol. The minimum Gasteiger partial charge on any atom is -0.330 e. The van der Waals surface area contributed by atoms with E-state index < -0.39 is 4.92 Å². The maximum absolute atomic E-state index is 10.5. The maximum atomic E-state index is 10.5. The number of thiazole rings is 1. The van der Waals surface area contributed by atoms with Gasteiger partial charge in [-0.1, -0.05) is 0 Å². The number of hydrogen-bond acceptors (Lipinski definition) is 6. The summed E-state index contributed by atoms with van der Waals surface area (Å²) in [5, 5.41) is 17.6. The molecule has 0 aliphatic heterocycles. The summed E-state index contributed by atoms with van der Waals surface area (Å²) in [7, 11) is 0. The Morgan fingerprint density at radius 3 is 3.00 bits per heavy atom. The van der Waals surface area contributed by atoms with Gasteiger partial charge in [0.15, 0.2) is 5.78 Å². The first kappa shape index (κ1) is 12.0. The number of nitrogens with zero attached hydrogens (tertiary/aromatic N) is 3. The van der Waals surface area contributed by atoms with Crippen molar-refractivity contribution in [2.45, 2.75) is 6.92 Å². The molecule has 0 fully saturated rings. The van der Waals surface area contributed by atoms with Crippen LogP contribution in [0.25, 0.3) is 0 Å². The molecule has 0 radical (unpaired) electrons. The highest BCUT2D eigenvalue weighted by Gasteiger charge is 2.06. The van der Waals surface area contributed by atoms with Crippen molar-refractivity contribution in [3.8, 4) is 0 Å². The number of aromatic amines is 1. The first-order valence-electron chi connectivity index (χ1n) is 4.17. The fourth-order valence-corrected chi connectivity index (χ4v) is 1.32. The van der Waals surface area contributed by atoms with Crippen molar-refractivity contribution < 1.29 is 9.72 Å². The fourth-order valence-electron chi connectivity index (χ4n) is 0.724. The Morgan fingerprint density at radius 1 is 1.69 bits per heavy atom. The lowest BCUT2D eigenvalue weighted by molar-refractivity contribution is -0.380.